The lowest BCUT2D eigenvalue weighted by molar-refractivity contribution is -0.350. The largest absolute Gasteiger partial charge is 0.431 e. The smallest absolute Gasteiger partial charge is 0.224 e. The van der Waals surface area contributed by atoms with E-state index in [1.54, 1.807) is 0 Å². The third-order valence-corrected chi connectivity index (χ3v) is 6.59. The minimum absolute atomic E-state index is 0.272. The summed E-state index contributed by atoms with van der Waals surface area (Å²) in [4.78, 5) is 0. The standard InChI is InChI=1S/C10H18F3I.C9H5F14I/c1-2-4-9(6-8-14)5-3-7-10(11,12)13;10-4(6(12,13)14,7(15,16)17)1-3(24)2-5(11,8(18,19)20)9(21,22)23/h9H,2-8H2,1H3;3H,1-2H2. The molecule has 1 atom stereocenters. The van der Waals surface area contributed by atoms with Gasteiger partial charge in [0.05, 0.1) is 0 Å². The molecule has 0 amide bonds. The molecule has 0 bridgehead atoms. The molecular weight excluding hydrogens is 805 g/mol. The molecule has 0 aliphatic carbocycles. The number of rotatable bonds is 11. The molecule has 0 nitrogen and oxygen atoms in total. The predicted molar refractivity (Wildman–Crippen MR) is 121 cm³/mol. The second-order valence-electron chi connectivity index (χ2n) is 8.24. The minimum Gasteiger partial charge on any atom is -0.224 e. The highest BCUT2D eigenvalue weighted by atomic mass is 127. The Kier molecular flexibility index (Phi) is 15.9. The first-order valence-corrected chi connectivity index (χ1v) is 13.3. The summed E-state index contributed by atoms with van der Waals surface area (Å²) in [5.41, 5.74) is -12.2. The molecule has 0 spiro atoms. The summed E-state index contributed by atoms with van der Waals surface area (Å²) in [5, 5.41) is 0. The second-order valence-corrected chi connectivity index (χ2v) is 11.1. The first kappa shape index (κ1) is 40.4. The highest BCUT2D eigenvalue weighted by Crippen LogP contribution is 2.54. The van der Waals surface area contributed by atoms with Gasteiger partial charge in [0.2, 0.25) is 0 Å². The summed E-state index contributed by atoms with van der Waals surface area (Å²) in [5.74, 6) is 0.499. The van der Waals surface area contributed by atoms with Crippen LogP contribution >= 0.6 is 45.2 Å². The van der Waals surface area contributed by atoms with Crippen LogP contribution in [-0.2, 0) is 0 Å². The van der Waals surface area contributed by atoms with E-state index in [0.29, 0.717) is 12.3 Å². The van der Waals surface area contributed by atoms with Crippen molar-refractivity contribution in [1.29, 1.82) is 0 Å². The number of alkyl halides is 19. The van der Waals surface area contributed by atoms with Crippen molar-refractivity contribution in [3.8, 4) is 0 Å². The van der Waals surface area contributed by atoms with E-state index in [2.05, 4.69) is 29.5 Å². The van der Waals surface area contributed by atoms with Gasteiger partial charge in [-0.25, -0.2) is 8.78 Å². The Hall–Kier alpha value is 0.270. The SMILES string of the molecule is CCCC(CCI)CCCC(F)(F)F.FC(F)(F)C(F)(CC(I)CC(F)(C(F)(F)F)C(F)(F)F)C(F)(F)F. The molecule has 0 aromatic carbocycles. The van der Waals surface area contributed by atoms with Crippen molar-refractivity contribution in [2.75, 3.05) is 4.43 Å². The molecule has 0 saturated heterocycles. The van der Waals surface area contributed by atoms with E-state index in [-0.39, 0.29) is 22.6 Å². The van der Waals surface area contributed by atoms with E-state index in [1.165, 1.54) is 0 Å². The molecule has 0 aliphatic rings. The maximum atomic E-state index is 13.3. The molecule has 0 heterocycles. The Bertz CT molecular complexity index is 587. The van der Waals surface area contributed by atoms with Gasteiger partial charge in [0.15, 0.2) is 0 Å². The second kappa shape index (κ2) is 14.9. The Labute approximate surface area is 234 Å². The number of halogens is 19. The normalized spacial score (nSPS) is 15.4. The molecule has 0 radical (unpaired) electrons. The lowest BCUT2D eigenvalue weighted by Gasteiger charge is -2.35. The first-order valence-electron chi connectivity index (χ1n) is 10.5. The van der Waals surface area contributed by atoms with Gasteiger partial charge in [-0.2, -0.15) is 65.9 Å². The summed E-state index contributed by atoms with van der Waals surface area (Å²) < 4.78 is 207. The van der Waals surface area contributed by atoms with Gasteiger partial charge in [-0.15, -0.1) is 0 Å². The van der Waals surface area contributed by atoms with Gasteiger partial charge >= 0.3 is 30.9 Å². The van der Waals surface area contributed by atoms with Crippen LogP contribution in [0.1, 0.15) is 58.3 Å². The average Bonchev–Trinajstić information content (AvgIpc) is 2.64. The van der Waals surface area contributed by atoms with Crippen LogP contribution in [0.3, 0.4) is 0 Å². The molecule has 0 aromatic heterocycles. The van der Waals surface area contributed by atoms with Crippen LogP contribution in [0.2, 0.25) is 0 Å². The summed E-state index contributed by atoms with van der Waals surface area (Å²) in [7, 11) is 0. The highest BCUT2D eigenvalue weighted by molar-refractivity contribution is 14.1. The fourth-order valence-corrected chi connectivity index (χ4v) is 5.15. The van der Waals surface area contributed by atoms with Crippen molar-refractivity contribution >= 4 is 45.2 Å². The van der Waals surface area contributed by atoms with Crippen LogP contribution < -0.4 is 0 Å². The fraction of sp³-hybridized carbons (Fsp3) is 1.00. The molecule has 1 unspecified atom stereocenters. The van der Waals surface area contributed by atoms with Gasteiger partial charge in [0.25, 0.3) is 11.3 Å². The molecule has 232 valence electrons. The maximum absolute atomic E-state index is 13.3. The van der Waals surface area contributed by atoms with E-state index < -0.39 is 65.4 Å². The van der Waals surface area contributed by atoms with Gasteiger partial charge in [-0.1, -0.05) is 71.4 Å². The van der Waals surface area contributed by atoms with Crippen molar-refractivity contribution in [3.63, 3.8) is 0 Å². The third-order valence-electron chi connectivity index (χ3n) is 5.09. The van der Waals surface area contributed by atoms with E-state index >= 15 is 0 Å². The van der Waals surface area contributed by atoms with Crippen molar-refractivity contribution < 1.29 is 74.6 Å². The van der Waals surface area contributed by atoms with Crippen molar-refractivity contribution in [2.24, 2.45) is 5.92 Å². The molecule has 0 saturated carbocycles. The topological polar surface area (TPSA) is 0 Å². The van der Waals surface area contributed by atoms with E-state index in [0.717, 1.165) is 30.1 Å². The Morgan fingerprint density at radius 2 is 0.895 bits per heavy atom. The van der Waals surface area contributed by atoms with Gasteiger partial charge in [0.1, 0.15) is 0 Å². The molecule has 0 rings (SSSR count). The van der Waals surface area contributed by atoms with Crippen LogP contribution in [0.5, 0.6) is 0 Å². The van der Waals surface area contributed by atoms with Crippen LogP contribution in [0, 0.1) is 5.92 Å². The Morgan fingerprint density at radius 1 is 0.553 bits per heavy atom. The zero-order valence-electron chi connectivity index (χ0n) is 19.2. The summed E-state index contributed by atoms with van der Waals surface area (Å²) in [6, 6.07) is 0. The zero-order valence-corrected chi connectivity index (χ0v) is 23.5. The van der Waals surface area contributed by atoms with Crippen LogP contribution in [0.15, 0.2) is 0 Å². The monoisotopic (exact) mass is 828 g/mol. The zero-order chi connectivity index (χ0) is 31.0. The fourth-order valence-electron chi connectivity index (χ4n) is 3.05. The van der Waals surface area contributed by atoms with Gasteiger partial charge < -0.3 is 0 Å². The van der Waals surface area contributed by atoms with Crippen molar-refractivity contribution in [3.05, 3.63) is 0 Å². The first-order chi connectivity index (χ1) is 16.6. The summed E-state index contributed by atoms with van der Waals surface area (Å²) >= 11 is 2.56. The van der Waals surface area contributed by atoms with Gasteiger partial charge in [0, 0.05) is 23.2 Å². The van der Waals surface area contributed by atoms with Crippen molar-refractivity contribution in [2.45, 2.75) is 104 Å². The number of hydrogen-bond donors (Lipinski definition) is 0. The van der Waals surface area contributed by atoms with Crippen molar-refractivity contribution in [1.82, 2.24) is 0 Å². The third kappa shape index (κ3) is 12.8. The Morgan fingerprint density at radius 3 is 1.13 bits per heavy atom. The summed E-state index contributed by atoms with van der Waals surface area (Å²) in [6.45, 7) is 2.09. The minimum atomic E-state index is -6.68. The molecule has 0 aromatic rings. The molecule has 19 heteroatoms. The van der Waals surface area contributed by atoms with E-state index in [1.807, 2.05) is 0 Å². The van der Waals surface area contributed by atoms with Crippen LogP contribution in [0.25, 0.3) is 0 Å². The van der Waals surface area contributed by atoms with E-state index in [4.69, 9.17) is 0 Å². The lowest BCUT2D eigenvalue weighted by atomic mass is 9.91. The number of hydrogen-bond acceptors (Lipinski definition) is 0. The molecule has 0 aliphatic heterocycles. The highest BCUT2D eigenvalue weighted by Gasteiger charge is 2.75. The van der Waals surface area contributed by atoms with Gasteiger partial charge in [-0.3, -0.25) is 0 Å². The molecule has 0 N–H and O–H groups in total. The van der Waals surface area contributed by atoms with E-state index in [9.17, 15) is 74.6 Å². The molecule has 0 fully saturated rings. The Balaban J connectivity index is 0. The lowest BCUT2D eigenvalue weighted by Crippen LogP contribution is -2.57. The van der Waals surface area contributed by atoms with Crippen LogP contribution in [-0.4, -0.2) is 50.6 Å². The summed E-state index contributed by atoms with van der Waals surface area (Å²) in [6.07, 6.45) is -32.8. The predicted octanol–water partition coefficient (Wildman–Crippen LogP) is 11.2. The average molecular weight is 828 g/mol. The quantitative estimate of drug-likeness (QED) is 0.111. The molecular formula is C19H23F17I2. The maximum Gasteiger partial charge on any atom is 0.431 e. The molecule has 38 heavy (non-hydrogen) atoms. The van der Waals surface area contributed by atoms with Crippen LogP contribution in [0.4, 0.5) is 74.6 Å². The van der Waals surface area contributed by atoms with Gasteiger partial charge in [-0.05, 0) is 23.2 Å².